The van der Waals surface area contributed by atoms with Crippen LogP contribution >= 0.6 is 0 Å². The molecule has 0 aliphatic carbocycles. The maximum absolute atomic E-state index is 13.3. The minimum atomic E-state index is -0.289. The first-order valence-electron chi connectivity index (χ1n) is 9.74. The van der Waals surface area contributed by atoms with E-state index in [1.54, 1.807) is 19.2 Å². The second-order valence-electron chi connectivity index (χ2n) is 7.50. The number of rotatable bonds is 7. The molecule has 2 amide bonds. The fourth-order valence-electron chi connectivity index (χ4n) is 3.42. The summed E-state index contributed by atoms with van der Waals surface area (Å²) >= 11 is 0. The topological polar surface area (TPSA) is 65.2 Å². The highest BCUT2D eigenvalue weighted by atomic mass is 19.1. The summed E-state index contributed by atoms with van der Waals surface area (Å²) in [4.78, 5) is 29.3. The van der Waals surface area contributed by atoms with E-state index in [2.05, 4.69) is 10.3 Å². The molecule has 0 bridgehead atoms. The number of nitrogens with one attached hydrogen (secondary N) is 2. The van der Waals surface area contributed by atoms with Gasteiger partial charge >= 0.3 is 0 Å². The lowest BCUT2D eigenvalue weighted by molar-refractivity contribution is -0.134. The van der Waals surface area contributed by atoms with E-state index in [9.17, 15) is 14.0 Å². The van der Waals surface area contributed by atoms with Crippen molar-refractivity contribution in [1.82, 2.24) is 15.2 Å². The molecule has 0 radical (unpaired) electrons. The van der Waals surface area contributed by atoms with E-state index in [-0.39, 0.29) is 36.6 Å². The number of hydrogen-bond donors (Lipinski definition) is 2. The molecule has 0 aliphatic rings. The van der Waals surface area contributed by atoms with Crippen LogP contribution < -0.4 is 5.32 Å². The number of carbonyl (C=O) groups excluding carboxylic acids is 2. The average molecular weight is 395 g/mol. The molecule has 5 nitrogen and oxygen atoms in total. The third kappa shape index (κ3) is 5.02. The van der Waals surface area contributed by atoms with Gasteiger partial charge in [-0.25, -0.2) is 4.39 Å². The number of nitrogens with zero attached hydrogens (tertiary/aromatic N) is 1. The Bertz CT molecular complexity index is 1010. The number of H-pyrrole nitrogens is 1. The fourth-order valence-corrected chi connectivity index (χ4v) is 3.42. The van der Waals surface area contributed by atoms with Gasteiger partial charge in [0.15, 0.2) is 0 Å². The van der Waals surface area contributed by atoms with Gasteiger partial charge in [-0.05, 0) is 61.7 Å². The van der Waals surface area contributed by atoms with E-state index in [4.69, 9.17) is 0 Å². The predicted octanol–water partition coefficient (Wildman–Crippen LogP) is 3.89. The molecule has 0 fully saturated rings. The largest absolute Gasteiger partial charge is 0.354 e. The Morgan fingerprint density at radius 2 is 1.79 bits per heavy atom. The Labute approximate surface area is 169 Å². The zero-order chi connectivity index (χ0) is 21.0. The number of carbonyl (C=O) groups is 2. The van der Waals surface area contributed by atoms with Crippen LogP contribution in [-0.2, 0) is 16.0 Å². The monoisotopic (exact) mass is 395 g/mol. The van der Waals surface area contributed by atoms with Gasteiger partial charge in [-0.3, -0.25) is 9.59 Å². The maximum Gasteiger partial charge on any atom is 0.239 e. The van der Waals surface area contributed by atoms with Crippen molar-refractivity contribution in [1.29, 1.82) is 0 Å². The van der Waals surface area contributed by atoms with E-state index in [1.165, 1.54) is 17.0 Å². The highest BCUT2D eigenvalue weighted by Crippen LogP contribution is 2.31. The lowest BCUT2D eigenvalue weighted by Gasteiger charge is -2.18. The van der Waals surface area contributed by atoms with Crippen molar-refractivity contribution in [2.24, 2.45) is 0 Å². The lowest BCUT2D eigenvalue weighted by atomic mass is 10.0. The van der Waals surface area contributed by atoms with E-state index in [0.29, 0.717) is 6.42 Å². The fraction of sp³-hybridized carbons (Fsp3) is 0.304. The molecule has 2 aromatic carbocycles. The molecule has 29 heavy (non-hydrogen) atoms. The molecular weight excluding hydrogens is 369 g/mol. The number of aromatic nitrogens is 1. The molecule has 2 N–H and O–H groups in total. The van der Waals surface area contributed by atoms with Crippen LogP contribution in [0.3, 0.4) is 0 Å². The van der Waals surface area contributed by atoms with Crippen molar-refractivity contribution in [3.63, 3.8) is 0 Å². The molecule has 1 aromatic heterocycles. The van der Waals surface area contributed by atoms with Crippen LogP contribution in [0.4, 0.5) is 4.39 Å². The Morgan fingerprint density at radius 1 is 1.10 bits per heavy atom. The number of halogens is 1. The molecule has 3 rings (SSSR count). The standard InChI is InChI=1S/C23H26FN3O2/c1-15(2)25-21(28)14-27(3)22(29)13-12-19-18-6-4-5-7-20(18)26-23(19)16-8-10-17(24)11-9-16/h4-11,15,26H,12-14H2,1-3H3,(H,25,28). The first-order valence-corrected chi connectivity index (χ1v) is 9.74. The van der Waals surface area contributed by atoms with E-state index in [0.717, 1.165) is 27.7 Å². The van der Waals surface area contributed by atoms with E-state index in [1.807, 2.05) is 38.1 Å². The van der Waals surface area contributed by atoms with Crippen LogP contribution in [0.25, 0.3) is 22.2 Å². The number of benzene rings is 2. The van der Waals surface area contributed by atoms with Crippen molar-refractivity contribution in [3.8, 4) is 11.3 Å². The second-order valence-corrected chi connectivity index (χ2v) is 7.50. The van der Waals surface area contributed by atoms with Crippen molar-refractivity contribution < 1.29 is 14.0 Å². The molecule has 0 saturated heterocycles. The maximum atomic E-state index is 13.3. The lowest BCUT2D eigenvalue weighted by Crippen LogP contribution is -2.40. The van der Waals surface area contributed by atoms with Gasteiger partial charge in [0.25, 0.3) is 0 Å². The van der Waals surface area contributed by atoms with Gasteiger partial charge < -0.3 is 15.2 Å². The van der Waals surface area contributed by atoms with Gasteiger partial charge in [-0.1, -0.05) is 18.2 Å². The van der Waals surface area contributed by atoms with Gasteiger partial charge in [-0.2, -0.15) is 0 Å². The van der Waals surface area contributed by atoms with Crippen LogP contribution in [-0.4, -0.2) is 41.3 Å². The van der Waals surface area contributed by atoms with Crippen LogP contribution in [0.1, 0.15) is 25.8 Å². The molecular formula is C23H26FN3O2. The Kier molecular flexibility index (Phi) is 6.32. The number of aryl methyl sites for hydroxylation is 1. The number of likely N-dealkylation sites (N-methyl/N-ethyl adjacent to an activating group) is 1. The molecule has 1 heterocycles. The zero-order valence-corrected chi connectivity index (χ0v) is 17.0. The Morgan fingerprint density at radius 3 is 2.48 bits per heavy atom. The third-order valence-corrected chi connectivity index (χ3v) is 4.79. The smallest absolute Gasteiger partial charge is 0.239 e. The molecule has 3 aromatic rings. The van der Waals surface area contributed by atoms with Gasteiger partial charge in [0, 0.05) is 36.1 Å². The first kappa shape index (κ1) is 20.6. The third-order valence-electron chi connectivity index (χ3n) is 4.79. The van der Waals surface area contributed by atoms with Crippen molar-refractivity contribution in [2.45, 2.75) is 32.7 Å². The predicted molar refractivity (Wildman–Crippen MR) is 113 cm³/mol. The van der Waals surface area contributed by atoms with Gasteiger partial charge in [-0.15, -0.1) is 0 Å². The molecule has 0 saturated carbocycles. The summed E-state index contributed by atoms with van der Waals surface area (Å²) in [6, 6.07) is 14.3. The summed E-state index contributed by atoms with van der Waals surface area (Å²) in [6.45, 7) is 3.80. The van der Waals surface area contributed by atoms with Crippen molar-refractivity contribution in [3.05, 3.63) is 59.9 Å². The van der Waals surface area contributed by atoms with Crippen LogP contribution in [0, 0.1) is 5.82 Å². The molecule has 6 heteroatoms. The Hall–Kier alpha value is -3.15. The molecule has 0 spiro atoms. The summed E-state index contributed by atoms with van der Waals surface area (Å²) in [7, 11) is 1.64. The van der Waals surface area contributed by atoms with Gasteiger partial charge in [0.2, 0.25) is 11.8 Å². The van der Waals surface area contributed by atoms with Gasteiger partial charge in [0.1, 0.15) is 5.82 Å². The minimum absolute atomic E-state index is 0.0374. The molecule has 152 valence electrons. The summed E-state index contributed by atoms with van der Waals surface area (Å²) < 4.78 is 13.3. The van der Waals surface area contributed by atoms with Crippen LogP contribution in [0.2, 0.25) is 0 Å². The van der Waals surface area contributed by atoms with Crippen molar-refractivity contribution >= 4 is 22.7 Å². The second kappa shape index (κ2) is 8.90. The summed E-state index contributed by atoms with van der Waals surface area (Å²) in [5, 5.41) is 3.83. The Balaban J connectivity index is 1.79. The molecule has 0 atom stereocenters. The number of fused-ring (bicyclic) bond motifs is 1. The number of amides is 2. The van der Waals surface area contributed by atoms with Gasteiger partial charge in [0.05, 0.1) is 6.54 Å². The highest BCUT2D eigenvalue weighted by Gasteiger charge is 2.17. The average Bonchev–Trinajstić information content (AvgIpc) is 3.04. The first-order chi connectivity index (χ1) is 13.8. The summed E-state index contributed by atoms with van der Waals surface area (Å²) in [6.07, 6.45) is 0.799. The van der Waals surface area contributed by atoms with E-state index < -0.39 is 0 Å². The SMILES string of the molecule is CC(C)NC(=O)CN(C)C(=O)CCc1c(-c2ccc(F)cc2)[nH]c2ccccc12. The highest BCUT2D eigenvalue weighted by molar-refractivity contribution is 5.91. The summed E-state index contributed by atoms with van der Waals surface area (Å²) in [5.74, 6) is -0.558. The van der Waals surface area contributed by atoms with Crippen LogP contribution in [0.15, 0.2) is 48.5 Å². The van der Waals surface area contributed by atoms with Crippen LogP contribution in [0.5, 0.6) is 0 Å². The number of aromatic amines is 1. The number of hydrogen-bond acceptors (Lipinski definition) is 2. The zero-order valence-electron chi connectivity index (χ0n) is 17.0. The van der Waals surface area contributed by atoms with Crippen molar-refractivity contribution in [2.75, 3.05) is 13.6 Å². The molecule has 0 aliphatic heterocycles. The number of para-hydroxylation sites is 1. The normalized spacial score (nSPS) is 11.1. The minimum Gasteiger partial charge on any atom is -0.354 e. The van der Waals surface area contributed by atoms with E-state index >= 15 is 0 Å². The summed E-state index contributed by atoms with van der Waals surface area (Å²) in [5.41, 5.74) is 3.74. The quantitative estimate of drug-likeness (QED) is 0.637. The molecule has 0 unspecified atom stereocenters.